The van der Waals surface area contributed by atoms with Crippen molar-refractivity contribution in [3.63, 3.8) is 0 Å². The Morgan fingerprint density at radius 3 is 2.12 bits per heavy atom. The summed E-state index contributed by atoms with van der Waals surface area (Å²) in [6.07, 6.45) is -1.73. The maximum atomic E-state index is 12.5. The molecular formula is C15H27N3O7. The van der Waals surface area contributed by atoms with Gasteiger partial charge in [-0.2, -0.15) is 0 Å². The summed E-state index contributed by atoms with van der Waals surface area (Å²) in [5, 5.41) is 23.4. The van der Waals surface area contributed by atoms with Crippen molar-refractivity contribution in [2.75, 3.05) is 14.2 Å². The summed E-state index contributed by atoms with van der Waals surface area (Å²) in [6.45, 7) is 3.58. The van der Waals surface area contributed by atoms with Crippen LogP contribution >= 0.6 is 0 Å². The second-order valence-corrected chi connectivity index (χ2v) is 5.95. The Labute approximate surface area is 146 Å². The van der Waals surface area contributed by atoms with E-state index in [-0.39, 0.29) is 25.2 Å². The van der Waals surface area contributed by atoms with Crippen LogP contribution in [0.4, 0.5) is 0 Å². The number of esters is 1. The lowest BCUT2D eigenvalue weighted by molar-refractivity contribution is -0.147. The van der Waals surface area contributed by atoms with Gasteiger partial charge in [0.25, 0.3) is 5.91 Å². The van der Waals surface area contributed by atoms with Gasteiger partial charge in [0.2, 0.25) is 11.8 Å². The molecular weight excluding hydrogens is 334 g/mol. The van der Waals surface area contributed by atoms with Crippen molar-refractivity contribution in [1.29, 1.82) is 0 Å². The molecule has 0 rings (SSSR count). The van der Waals surface area contributed by atoms with Crippen molar-refractivity contribution in [2.24, 2.45) is 11.8 Å². The Balaban J connectivity index is 5.18. The van der Waals surface area contributed by atoms with Gasteiger partial charge >= 0.3 is 5.97 Å². The fourth-order valence-electron chi connectivity index (χ4n) is 2.22. The molecule has 3 amide bonds. The maximum absolute atomic E-state index is 12.5. The quantitative estimate of drug-likeness (QED) is 0.184. The number of carbonyl (C=O) groups excluding carboxylic acids is 4. The van der Waals surface area contributed by atoms with Gasteiger partial charge in [0, 0.05) is 13.5 Å². The Morgan fingerprint density at radius 1 is 1.08 bits per heavy atom. The standard InChI is InChI=1S/C15H27N3O7/c1-8(2)7-9(12(20)15(23)18-24)13(21)17-10(14(22)16-3)5-6-11(19)25-4/h8-10,12,20,24H,5-7H2,1-4H3,(H,16,22)(H,17,21)(H,18,23)/t9-,10?,12+/m1/s1. The summed E-state index contributed by atoms with van der Waals surface area (Å²) in [6, 6.07) is -1.03. The lowest BCUT2D eigenvalue weighted by Gasteiger charge is -2.25. The minimum atomic E-state index is -1.78. The van der Waals surface area contributed by atoms with Gasteiger partial charge in [-0.3, -0.25) is 24.4 Å². The van der Waals surface area contributed by atoms with Crippen LogP contribution in [-0.4, -0.2) is 60.3 Å². The zero-order valence-corrected chi connectivity index (χ0v) is 14.9. The molecule has 0 radical (unpaired) electrons. The first-order valence-electron chi connectivity index (χ1n) is 7.88. The van der Waals surface area contributed by atoms with E-state index in [9.17, 15) is 24.3 Å². The number of ether oxygens (including phenoxy) is 1. The number of hydroxylamine groups is 1. The molecule has 0 aromatic carbocycles. The van der Waals surface area contributed by atoms with Gasteiger partial charge in [0.15, 0.2) is 0 Å². The molecule has 0 spiro atoms. The molecule has 0 heterocycles. The molecule has 5 N–H and O–H groups in total. The summed E-state index contributed by atoms with van der Waals surface area (Å²) >= 11 is 0. The highest BCUT2D eigenvalue weighted by Crippen LogP contribution is 2.17. The molecule has 0 aliphatic carbocycles. The van der Waals surface area contributed by atoms with Crippen LogP contribution in [0.5, 0.6) is 0 Å². The van der Waals surface area contributed by atoms with Crippen LogP contribution in [0.2, 0.25) is 0 Å². The van der Waals surface area contributed by atoms with Gasteiger partial charge in [-0.15, -0.1) is 0 Å². The Bertz CT molecular complexity index is 482. The Kier molecular flexibility index (Phi) is 10.4. The van der Waals surface area contributed by atoms with Gasteiger partial charge in [-0.25, -0.2) is 5.48 Å². The normalized spacial score (nSPS) is 14.2. The van der Waals surface area contributed by atoms with Crippen LogP contribution in [0, 0.1) is 11.8 Å². The number of methoxy groups -OCH3 is 1. The number of likely N-dealkylation sites (N-methyl/N-ethyl adjacent to an activating group) is 1. The Morgan fingerprint density at radius 2 is 1.68 bits per heavy atom. The first-order valence-corrected chi connectivity index (χ1v) is 7.88. The number of amides is 3. The third kappa shape index (κ3) is 7.94. The molecule has 0 bridgehead atoms. The van der Waals surface area contributed by atoms with Gasteiger partial charge in [0.05, 0.1) is 13.0 Å². The van der Waals surface area contributed by atoms with Crippen LogP contribution in [-0.2, 0) is 23.9 Å². The number of nitrogens with one attached hydrogen (secondary N) is 3. The van der Waals surface area contributed by atoms with Crippen LogP contribution in [0.25, 0.3) is 0 Å². The molecule has 25 heavy (non-hydrogen) atoms. The van der Waals surface area contributed by atoms with Crippen LogP contribution in [0.15, 0.2) is 0 Å². The van der Waals surface area contributed by atoms with Crippen molar-refractivity contribution >= 4 is 23.7 Å². The first kappa shape index (κ1) is 22.8. The summed E-state index contributed by atoms with van der Waals surface area (Å²) < 4.78 is 4.50. The summed E-state index contributed by atoms with van der Waals surface area (Å²) in [5.74, 6) is -4.12. The third-order valence-corrected chi connectivity index (χ3v) is 3.57. The van der Waals surface area contributed by atoms with Crippen LogP contribution < -0.4 is 16.1 Å². The largest absolute Gasteiger partial charge is 0.469 e. The highest BCUT2D eigenvalue weighted by atomic mass is 16.5. The van der Waals surface area contributed by atoms with E-state index in [1.807, 2.05) is 0 Å². The van der Waals surface area contributed by atoms with Crippen molar-refractivity contribution in [3.8, 4) is 0 Å². The van der Waals surface area contributed by atoms with Gasteiger partial charge in [-0.05, 0) is 18.8 Å². The molecule has 10 nitrogen and oxygen atoms in total. The second-order valence-electron chi connectivity index (χ2n) is 5.95. The predicted molar refractivity (Wildman–Crippen MR) is 86.1 cm³/mol. The number of aliphatic hydroxyl groups is 1. The van der Waals surface area contributed by atoms with Crippen molar-refractivity contribution in [2.45, 2.75) is 45.3 Å². The summed E-state index contributed by atoms with van der Waals surface area (Å²) in [4.78, 5) is 47.0. The minimum absolute atomic E-state index is 0.00518. The van der Waals surface area contributed by atoms with E-state index in [4.69, 9.17) is 5.21 Å². The molecule has 0 aliphatic heterocycles. The third-order valence-electron chi connectivity index (χ3n) is 3.57. The number of hydrogen-bond donors (Lipinski definition) is 5. The maximum Gasteiger partial charge on any atom is 0.305 e. The fourth-order valence-corrected chi connectivity index (χ4v) is 2.22. The summed E-state index contributed by atoms with van der Waals surface area (Å²) in [7, 11) is 2.58. The number of carbonyl (C=O) groups is 4. The van der Waals surface area contributed by atoms with Crippen LogP contribution in [0.1, 0.15) is 33.1 Å². The van der Waals surface area contributed by atoms with Crippen LogP contribution in [0.3, 0.4) is 0 Å². The van der Waals surface area contributed by atoms with E-state index in [1.54, 1.807) is 13.8 Å². The second kappa shape index (κ2) is 11.4. The molecule has 144 valence electrons. The molecule has 0 fully saturated rings. The fraction of sp³-hybridized carbons (Fsp3) is 0.733. The smallest absolute Gasteiger partial charge is 0.305 e. The predicted octanol–water partition coefficient (Wildman–Crippen LogP) is -1.30. The van der Waals surface area contributed by atoms with E-state index in [1.165, 1.54) is 19.6 Å². The molecule has 10 heteroatoms. The van der Waals surface area contributed by atoms with Crippen molar-refractivity contribution in [1.82, 2.24) is 16.1 Å². The Hall–Kier alpha value is -2.20. The minimum Gasteiger partial charge on any atom is -0.469 e. The molecule has 0 aliphatic rings. The monoisotopic (exact) mass is 361 g/mol. The number of hydrogen-bond acceptors (Lipinski definition) is 7. The first-order chi connectivity index (χ1) is 11.7. The van der Waals surface area contributed by atoms with Gasteiger partial charge < -0.3 is 20.5 Å². The zero-order chi connectivity index (χ0) is 19.6. The summed E-state index contributed by atoms with van der Waals surface area (Å²) in [5.41, 5.74) is 1.30. The molecule has 0 aromatic rings. The highest BCUT2D eigenvalue weighted by Gasteiger charge is 2.34. The average molecular weight is 361 g/mol. The molecule has 0 saturated carbocycles. The van der Waals surface area contributed by atoms with Crippen molar-refractivity contribution < 1.29 is 34.2 Å². The molecule has 1 unspecified atom stereocenters. The molecule has 0 saturated heterocycles. The van der Waals surface area contributed by atoms with Crippen molar-refractivity contribution in [3.05, 3.63) is 0 Å². The average Bonchev–Trinajstić information content (AvgIpc) is 2.60. The van der Waals surface area contributed by atoms with E-state index in [0.717, 1.165) is 0 Å². The van der Waals surface area contributed by atoms with E-state index in [2.05, 4.69) is 15.4 Å². The highest BCUT2D eigenvalue weighted by molar-refractivity contribution is 5.92. The number of rotatable bonds is 10. The van der Waals surface area contributed by atoms with E-state index < -0.39 is 41.8 Å². The molecule has 3 atom stereocenters. The molecule has 0 aromatic heterocycles. The van der Waals surface area contributed by atoms with Gasteiger partial charge in [0.1, 0.15) is 12.1 Å². The SMILES string of the molecule is CNC(=O)C(CCC(=O)OC)NC(=O)[C@H](CC(C)C)[C@H](O)C(=O)NO. The lowest BCUT2D eigenvalue weighted by atomic mass is 9.90. The topological polar surface area (TPSA) is 154 Å². The van der Waals surface area contributed by atoms with Gasteiger partial charge in [-0.1, -0.05) is 13.8 Å². The van der Waals surface area contributed by atoms with E-state index in [0.29, 0.717) is 0 Å². The lowest BCUT2D eigenvalue weighted by Crippen LogP contribution is -2.52. The number of aliphatic hydroxyl groups excluding tert-OH is 1. The zero-order valence-electron chi connectivity index (χ0n) is 14.9. The van der Waals surface area contributed by atoms with E-state index >= 15 is 0 Å².